The Morgan fingerprint density at radius 1 is 1.38 bits per heavy atom. The lowest BCUT2D eigenvalue weighted by molar-refractivity contribution is 0.203. The van der Waals surface area contributed by atoms with Crippen LogP contribution in [0.3, 0.4) is 0 Å². The molecule has 3 N–H and O–H groups in total. The average molecular weight is 220 g/mol. The lowest BCUT2D eigenvalue weighted by Gasteiger charge is -2.33. The predicted molar refractivity (Wildman–Crippen MR) is 67.6 cm³/mol. The molecule has 88 valence electrons. The first kappa shape index (κ1) is 11.3. The largest absolute Gasteiger partial charge is 0.397 e. The third-order valence-corrected chi connectivity index (χ3v) is 3.40. The van der Waals surface area contributed by atoms with Crippen molar-refractivity contribution in [1.29, 1.82) is 0 Å². The molecule has 1 heterocycles. The van der Waals surface area contributed by atoms with Crippen LogP contribution in [-0.2, 0) is 0 Å². The first-order valence-electron chi connectivity index (χ1n) is 5.92. The van der Waals surface area contributed by atoms with Crippen LogP contribution in [0.25, 0.3) is 0 Å². The number of anilines is 2. The third-order valence-electron chi connectivity index (χ3n) is 3.40. The highest BCUT2D eigenvalue weighted by molar-refractivity contribution is 5.68. The second-order valence-corrected chi connectivity index (χ2v) is 4.68. The Morgan fingerprint density at radius 3 is 2.69 bits per heavy atom. The van der Waals surface area contributed by atoms with Crippen LogP contribution in [0.4, 0.5) is 11.4 Å². The molecule has 1 saturated heterocycles. The van der Waals surface area contributed by atoms with Crippen LogP contribution < -0.4 is 10.6 Å². The number of nitrogens with two attached hydrogens (primary N) is 1. The number of rotatable bonds is 2. The molecule has 16 heavy (non-hydrogen) atoms. The van der Waals surface area contributed by atoms with E-state index in [-0.39, 0.29) is 0 Å². The van der Waals surface area contributed by atoms with Crippen LogP contribution in [0.1, 0.15) is 18.4 Å². The summed E-state index contributed by atoms with van der Waals surface area (Å²) in [7, 11) is 0. The summed E-state index contributed by atoms with van der Waals surface area (Å²) in [5.41, 5.74) is 9.24. The molecule has 0 aromatic heterocycles. The zero-order valence-corrected chi connectivity index (χ0v) is 9.82. The lowest BCUT2D eigenvalue weighted by Crippen LogP contribution is -2.35. The van der Waals surface area contributed by atoms with Crippen LogP contribution >= 0.6 is 0 Å². The number of hydrogen-bond acceptors (Lipinski definition) is 3. The van der Waals surface area contributed by atoms with E-state index in [0.29, 0.717) is 12.5 Å². The molecule has 1 aromatic rings. The molecule has 1 aromatic carbocycles. The number of piperidine rings is 1. The summed E-state index contributed by atoms with van der Waals surface area (Å²) in [6.07, 6.45) is 2.12. The minimum absolute atomic E-state index is 0.317. The van der Waals surface area contributed by atoms with Crippen molar-refractivity contribution < 1.29 is 5.11 Å². The molecule has 0 atom stereocenters. The van der Waals surface area contributed by atoms with E-state index in [1.165, 1.54) is 5.56 Å². The number of aryl methyl sites for hydroxylation is 1. The minimum Gasteiger partial charge on any atom is -0.397 e. The van der Waals surface area contributed by atoms with Gasteiger partial charge in [-0.15, -0.1) is 0 Å². The SMILES string of the molecule is Cc1ccc(N)c(N2CCC(CO)CC2)c1. The summed E-state index contributed by atoms with van der Waals surface area (Å²) in [5.74, 6) is 0.474. The molecular weight excluding hydrogens is 200 g/mol. The van der Waals surface area contributed by atoms with Gasteiger partial charge in [0.1, 0.15) is 0 Å². The second-order valence-electron chi connectivity index (χ2n) is 4.68. The quantitative estimate of drug-likeness (QED) is 0.747. The van der Waals surface area contributed by atoms with Gasteiger partial charge in [0.25, 0.3) is 0 Å². The van der Waals surface area contributed by atoms with Crippen molar-refractivity contribution in [3.05, 3.63) is 23.8 Å². The Bertz CT molecular complexity index is 357. The zero-order valence-electron chi connectivity index (χ0n) is 9.82. The Morgan fingerprint density at radius 2 is 2.06 bits per heavy atom. The summed E-state index contributed by atoms with van der Waals surface area (Å²) in [4.78, 5) is 2.33. The van der Waals surface area contributed by atoms with E-state index in [0.717, 1.165) is 37.3 Å². The average Bonchev–Trinajstić information content (AvgIpc) is 2.32. The fraction of sp³-hybridized carbons (Fsp3) is 0.538. The monoisotopic (exact) mass is 220 g/mol. The van der Waals surface area contributed by atoms with E-state index >= 15 is 0 Å². The van der Waals surface area contributed by atoms with E-state index in [2.05, 4.69) is 17.9 Å². The smallest absolute Gasteiger partial charge is 0.0602 e. The van der Waals surface area contributed by atoms with Crippen molar-refractivity contribution in [2.24, 2.45) is 5.92 Å². The molecule has 1 aliphatic heterocycles. The maximum absolute atomic E-state index is 9.10. The third kappa shape index (κ3) is 2.30. The van der Waals surface area contributed by atoms with Crippen molar-refractivity contribution in [3.63, 3.8) is 0 Å². The molecule has 0 amide bonds. The summed E-state index contributed by atoms with van der Waals surface area (Å²) in [6, 6.07) is 6.16. The summed E-state index contributed by atoms with van der Waals surface area (Å²) < 4.78 is 0. The van der Waals surface area contributed by atoms with E-state index in [1.54, 1.807) is 0 Å². The van der Waals surface area contributed by atoms with Crippen molar-refractivity contribution in [2.45, 2.75) is 19.8 Å². The number of aliphatic hydroxyl groups excluding tert-OH is 1. The van der Waals surface area contributed by atoms with Gasteiger partial charge in [0, 0.05) is 19.7 Å². The van der Waals surface area contributed by atoms with Crippen LogP contribution in [0, 0.1) is 12.8 Å². The highest BCUT2D eigenvalue weighted by atomic mass is 16.3. The first-order chi connectivity index (χ1) is 7.70. The number of nitrogens with zero attached hydrogens (tertiary/aromatic N) is 1. The fourth-order valence-electron chi connectivity index (χ4n) is 2.28. The molecular formula is C13H20N2O. The molecule has 3 heteroatoms. The van der Waals surface area contributed by atoms with Crippen LogP contribution in [-0.4, -0.2) is 24.8 Å². The molecule has 0 unspecified atom stereocenters. The van der Waals surface area contributed by atoms with Crippen LogP contribution in [0.15, 0.2) is 18.2 Å². The Hall–Kier alpha value is -1.22. The standard InChI is InChI=1S/C13H20N2O/c1-10-2-3-12(14)13(8-10)15-6-4-11(9-16)5-7-15/h2-3,8,11,16H,4-7,9,14H2,1H3. The van der Waals surface area contributed by atoms with Gasteiger partial charge in [-0.1, -0.05) is 6.07 Å². The second kappa shape index (κ2) is 4.74. The van der Waals surface area contributed by atoms with Gasteiger partial charge < -0.3 is 15.7 Å². The first-order valence-corrected chi connectivity index (χ1v) is 5.92. The van der Waals surface area contributed by atoms with Gasteiger partial charge in [-0.25, -0.2) is 0 Å². The summed E-state index contributed by atoms with van der Waals surface area (Å²) in [5, 5.41) is 9.10. The topological polar surface area (TPSA) is 49.5 Å². The molecule has 1 fully saturated rings. The van der Waals surface area contributed by atoms with Gasteiger partial charge in [0.05, 0.1) is 11.4 Å². The summed E-state index contributed by atoms with van der Waals surface area (Å²) >= 11 is 0. The van der Waals surface area contributed by atoms with E-state index in [9.17, 15) is 0 Å². The highest BCUT2D eigenvalue weighted by Gasteiger charge is 2.19. The minimum atomic E-state index is 0.317. The van der Waals surface area contributed by atoms with E-state index in [1.807, 2.05) is 12.1 Å². The molecule has 0 saturated carbocycles. The Balaban J connectivity index is 2.10. The summed E-state index contributed by atoms with van der Waals surface area (Å²) in [6.45, 7) is 4.40. The van der Waals surface area contributed by atoms with Crippen LogP contribution in [0.2, 0.25) is 0 Å². The number of benzene rings is 1. The molecule has 0 aliphatic carbocycles. The van der Waals surface area contributed by atoms with Gasteiger partial charge in [0.15, 0.2) is 0 Å². The maximum atomic E-state index is 9.10. The fourth-order valence-corrected chi connectivity index (χ4v) is 2.28. The van der Waals surface area contributed by atoms with Crippen molar-refractivity contribution in [1.82, 2.24) is 0 Å². The molecule has 0 spiro atoms. The van der Waals surface area contributed by atoms with Crippen molar-refractivity contribution in [2.75, 3.05) is 30.3 Å². The predicted octanol–water partition coefficient (Wildman–Crippen LogP) is 1.79. The Labute approximate surface area is 96.9 Å². The van der Waals surface area contributed by atoms with Gasteiger partial charge in [-0.2, -0.15) is 0 Å². The maximum Gasteiger partial charge on any atom is 0.0602 e. The highest BCUT2D eigenvalue weighted by Crippen LogP contribution is 2.28. The molecule has 0 radical (unpaired) electrons. The number of hydrogen-bond donors (Lipinski definition) is 2. The molecule has 3 nitrogen and oxygen atoms in total. The number of aliphatic hydroxyl groups is 1. The van der Waals surface area contributed by atoms with Gasteiger partial charge in [-0.3, -0.25) is 0 Å². The Kier molecular flexibility index (Phi) is 3.34. The van der Waals surface area contributed by atoms with Crippen molar-refractivity contribution >= 4 is 11.4 Å². The van der Waals surface area contributed by atoms with Crippen molar-refractivity contribution in [3.8, 4) is 0 Å². The molecule has 2 rings (SSSR count). The molecule has 1 aliphatic rings. The van der Waals surface area contributed by atoms with Crippen LogP contribution in [0.5, 0.6) is 0 Å². The number of nitrogen functional groups attached to an aromatic ring is 1. The van der Waals surface area contributed by atoms with Gasteiger partial charge in [-0.05, 0) is 43.4 Å². The zero-order chi connectivity index (χ0) is 11.5. The lowest BCUT2D eigenvalue weighted by atomic mass is 9.97. The van der Waals surface area contributed by atoms with Gasteiger partial charge in [0.2, 0.25) is 0 Å². The van der Waals surface area contributed by atoms with E-state index in [4.69, 9.17) is 10.8 Å². The molecule has 0 bridgehead atoms. The van der Waals surface area contributed by atoms with Gasteiger partial charge >= 0.3 is 0 Å². The van der Waals surface area contributed by atoms with E-state index < -0.39 is 0 Å². The normalized spacial score (nSPS) is 17.8.